The third kappa shape index (κ3) is 2.45. The zero-order valence-electron chi connectivity index (χ0n) is 12.4. The van der Waals surface area contributed by atoms with Gasteiger partial charge in [0, 0.05) is 5.54 Å². The van der Waals surface area contributed by atoms with Crippen LogP contribution in [0.5, 0.6) is 0 Å². The molecular weight excluding hydrogens is 230 g/mol. The SMILES string of the molecule is CC1(C)CCC(c2ccccc2C2(N)CCC2)CC1. The van der Waals surface area contributed by atoms with Gasteiger partial charge in [0.1, 0.15) is 0 Å². The van der Waals surface area contributed by atoms with Crippen LogP contribution in [0.25, 0.3) is 0 Å². The van der Waals surface area contributed by atoms with Crippen LogP contribution in [0.4, 0.5) is 0 Å². The zero-order valence-corrected chi connectivity index (χ0v) is 12.4. The summed E-state index contributed by atoms with van der Waals surface area (Å²) in [6, 6.07) is 8.98. The molecule has 0 amide bonds. The van der Waals surface area contributed by atoms with E-state index in [4.69, 9.17) is 5.73 Å². The van der Waals surface area contributed by atoms with Crippen LogP contribution in [-0.2, 0) is 5.54 Å². The van der Waals surface area contributed by atoms with Crippen molar-refractivity contribution in [2.45, 2.75) is 70.3 Å². The fourth-order valence-electron chi connectivity index (χ4n) is 3.84. The van der Waals surface area contributed by atoms with Gasteiger partial charge in [-0.1, -0.05) is 38.1 Å². The molecule has 19 heavy (non-hydrogen) atoms. The summed E-state index contributed by atoms with van der Waals surface area (Å²) in [7, 11) is 0. The number of hydrogen-bond acceptors (Lipinski definition) is 1. The van der Waals surface area contributed by atoms with Crippen LogP contribution in [0, 0.1) is 5.41 Å². The first kappa shape index (κ1) is 13.2. The van der Waals surface area contributed by atoms with E-state index in [2.05, 4.69) is 38.1 Å². The van der Waals surface area contributed by atoms with Crippen molar-refractivity contribution in [3.63, 3.8) is 0 Å². The van der Waals surface area contributed by atoms with E-state index in [1.54, 1.807) is 5.56 Å². The molecule has 3 rings (SSSR count). The van der Waals surface area contributed by atoms with E-state index in [1.165, 1.54) is 50.5 Å². The summed E-state index contributed by atoms with van der Waals surface area (Å²) in [5.41, 5.74) is 10.1. The van der Waals surface area contributed by atoms with Crippen molar-refractivity contribution in [2.75, 3.05) is 0 Å². The zero-order chi connectivity index (χ0) is 13.5. The summed E-state index contributed by atoms with van der Waals surface area (Å²) in [4.78, 5) is 0. The van der Waals surface area contributed by atoms with E-state index in [-0.39, 0.29) is 5.54 Å². The minimum absolute atomic E-state index is 0.0104. The van der Waals surface area contributed by atoms with Crippen molar-refractivity contribution < 1.29 is 0 Å². The Labute approximate surface area is 117 Å². The van der Waals surface area contributed by atoms with Crippen LogP contribution in [0.1, 0.15) is 75.8 Å². The lowest BCUT2D eigenvalue weighted by Gasteiger charge is -2.42. The second-order valence-electron chi connectivity index (χ2n) is 7.54. The standard InChI is InChI=1S/C18H27N/c1-17(2)12-8-14(9-13-17)15-6-3-4-7-16(15)18(19)10-5-11-18/h3-4,6-7,14H,5,8-13,19H2,1-2H3. The molecule has 1 aromatic carbocycles. The molecule has 0 aromatic heterocycles. The molecular formula is C18H27N. The van der Waals surface area contributed by atoms with Gasteiger partial charge in [-0.05, 0) is 67.4 Å². The summed E-state index contributed by atoms with van der Waals surface area (Å²) < 4.78 is 0. The lowest BCUT2D eigenvalue weighted by Crippen LogP contribution is -2.44. The molecule has 0 radical (unpaired) electrons. The molecule has 0 aliphatic heterocycles. The van der Waals surface area contributed by atoms with Crippen molar-refractivity contribution in [3.05, 3.63) is 35.4 Å². The third-order valence-corrected chi connectivity index (χ3v) is 5.52. The summed E-state index contributed by atoms with van der Waals surface area (Å²) in [6.07, 6.45) is 9.00. The first-order chi connectivity index (χ1) is 9.00. The van der Waals surface area contributed by atoms with Crippen LogP contribution < -0.4 is 5.73 Å². The van der Waals surface area contributed by atoms with Gasteiger partial charge in [-0.2, -0.15) is 0 Å². The van der Waals surface area contributed by atoms with Gasteiger partial charge in [-0.25, -0.2) is 0 Å². The van der Waals surface area contributed by atoms with Crippen molar-refractivity contribution in [3.8, 4) is 0 Å². The minimum atomic E-state index is -0.0104. The molecule has 2 saturated carbocycles. The van der Waals surface area contributed by atoms with Gasteiger partial charge in [0.05, 0.1) is 0 Å². The Morgan fingerprint density at radius 3 is 2.21 bits per heavy atom. The molecule has 0 heterocycles. The van der Waals surface area contributed by atoms with Gasteiger partial charge in [-0.15, -0.1) is 0 Å². The van der Waals surface area contributed by atoms with Crippen molar-refractivity contribution in [1.29, 1.82) is 0 Å². The van der Waals surface area contributed by atoms with E-state index >= 15 is 0 Å². The smallest absolute Gasteiger partial charge is 0.0412 e. The summed E-state index contributed by atoms with van der Waals surface area (Å²) in [6.45, 7) is 4.82. The summed E-state index contributed by atoms with van der Waals surface area (Å²) in [5, 5.41) is 0. The number of nitrogens with two attached hydrogens (primary N) is 1. The van der Waals surface area contributed by atoms with Crippen molar-refractivity contribution >= 4 is 0 Å². The Bertz CT molecular complexity index is 447. The highest BCUT2D eigenvalue weighted by Crippen LogP contribution is 2.47. The number of rotatable bonds is 2. The molecule has 0 unspecified atom stereocenters. The van der Waals surface area contributed by atoms with E-state index in [9.17, 15) is 0 Å². The molecule has 2 aliphatic rings. The van der Waals surface area contributed by atoms with E-state index < -0.39 is 0 Å². The maximum Gasteiger partial charge on any atom is 0.0412 e. The quantitative estimate of drug-likeness (QED) is 0.816. The van der Waals surface area contributed by atoms with Gasteiger partial charge < -0.3 is 5.73 Å². The molecule has 2 aliphatic carbocycles. The van der Waals surface area contributed by atoms with Crippen LogP contribution in [0.15, 0.2) is 24.3 Å². The number of hydrogen-bond donors (Lipinski definition) is 1. The molecule has 2 N–H and O–H groups in total. The van der Waals surface area contributed by atoms with Gasteiger partial charge >= 0.3 is 0 Å². The van der Waals surface area contributed by atoms with Gasteiger partial charge in [0.2, 0.25) is 0 Å². The molecule has 0 saturated heterocycles. The second kappa shape index (κ2) is 4.63. The molecule has 2 fully saturated rings. The van der Waals surface area contributed by atoms with Crippen molar-refractivity contribution in [1.82, 2.24) is 0 Å². The van der Waals surface area contributed by atoms with Crippen LogP contribution in [0.2, 0.25) is 0 Å². The molecule has 0 bridgehead atoms. The second-order valence-corrected chi connectivity index (χ2v) is 7.54. The monoisotopic (exact) mass is 257 g/mol. The molecule has 1 aromatic rings. The van der Waals surface area contributed by atoms with Gasteiger partial charge in [-0.3, -0.25) is 0 Å². The Balaban J connectivity index is 1.85. The van der Waals surface area contributed by atoms with Gasteiger partial charge in [0.25, 0.3) is 0 Å². The highest BCUT2D eigenvalue weighted by molar-refractivity contribution is 5.37. The van der Waals surface area contributed by atoms with Crippen LogP contribution in [-0.4, -0.2) is 0 Å². The number of benzene rings is 1. The Hall–Kier alpha value is -0.820. The Kier molecular flexibility index (Phi) is 3.21. The van der Waals surface area contributed by atoms with E-state index in [0.29, 0.717) is 5.41 Å². The topological polar surface area (TPSA) is 26.0 Å². The molecule has 1 heteroatoms. The summed E-state index contributed by atoms with van der Waals surface area (Å²) >= 11 is 0. The van der Waals surface area contributed by atoms with E-state index in [1.807, 2.05) is 0 Å². The predicted molar refractivity (Wildman–Crippen MR) is 81.1 cm³/mol. The normalized spacial score (nSPS) is 25.8. The maximum atomic E-state index is 6.58. The van der Waals surface area contributed by atoms with Crippen LogP contribution in [0.3, 0.4) is 0 Å². The molecule has 1 nitrogen and oxygen atoms in total. The average Bonchev–Trinajstić information content (AvgIpc) is 2.36. The fraction of sp³-hybridized carbons (Fsp3) is 0.667. The lowest BCUT2D eigenvalue weighted by molar-refractivity contribution is 0.217. The largest absolute Gasteiger partial charge is 0.321 e. The molecule has 0 spiro atoms. The van der Waals surface area contributed by atoms with E-state index in [0.717, 1.165) is 5.92 Å². The fourth-order valence-corrected chi connectivity index (χ4v) is 3.84. The molecule has 104 valence electrons. The van der Waals surface area contributed by atoms with Crippen molar-refractivity contribution in [2.24, 2.45) is 11.1 Å². The minimum Gasteiger partial charge on any atom is -0.321 e. The summed E-state index contributed by atoms with van der Waals surface area (Å²) in [5.74, 6) is 0.741. The van der Waals surface area contributed by atoms with Gasteiger partial charge in [0.15, 0.2) is 0 Å². The Morgan fingerprint density at radius 2 is 1.63 bits per heavy atom. The molecule has 0 atom stereocenters. The predicted octanol–water partition coefficient (Wildman–Crippen LogP) is 4.71. The first-order valence-electron chi connectivity index (χ1n) is 7.89. The average molecular weight is 257 g/mol. The Morgan fingerprint density at radius 1 is 1.00 bits per heavy atom. The van der Waals surface area contributed by atoms with Crippen LogP contribution >= 0.6 is 0 Å². The highest BCUT2D eigenvalue weighted by atomic mass is 14.8. The maximum absolute atomic E-state index is 6.58. The third-order valence-electron chi connectivity index (χ3n) is 5.52. The highest BCUT2D eigenvalue weighted by Gasteiger charge is 2.38. The lowest BCUT2D eigenvalue weighted by atomic mass is 9.66. The first-order valence-corrected chi connectivity index (χ1v) is 7.89.